The molecule has 0 saturated heterocycles. The Morgan fingerprint density at radius 1 is 1.16 bits per heavy atom. The predicted octanol–water partition coefficient (Wildman–Crippen LogP) is 3.16. The molecule has 3 N–H and O–H groups in total. The van der Waals surface area contributed by atoms with Gasteiger partial charge < -0.3 is 15.3 Å². The Kier molecular flexibility index (Phi) is 3.99. The number of allylic oxidation sites excluding steroid dienone is 3. The number of carbonyl (C=O) groups excluding carboxylic acids is 2. The highest BCUT2D eigenvalue weighted by molar-refractivity contribution is 6.12. The highest BCUT2D eigenvalue weighted by Crippen LogP contribution is 2.60. The summed E-state index contributed by atoms with van der Waals surface area (Å²) in [5.74, 6) is -2.36. The van der Waals surface area contributed by atoms with Gasteiger partial charge in [-0.25, -0.2) is 0 Å². The van der Waals surface area contributed by atoms with Crippen LogP contribution in [0.2, 0.25) is 0 Å². The lowest BCUT2D eigenvalue weighted by atomic mass is 9.49. The first-order valence-electron chi connectivity index (χ1n) is 8.85. The molecule has 3 aliphatic rings. The number of fused-ring (bicyclic) bond motifs is 3. The SMILES string of the molecule is C[C@H](CO)C1=C(O)C2=CC(=O)[C@H]3C(C)(C)CCC[C@]3(C)C2=C(O)C1=O. The van der Waals surface area contributed by atoms with Gasteiger partial charge in [0, 0.05) is 35.0 Å². The molecule has 0 spiro atoms. The van der Waals surface area contributed by atoms with Crippen molar-refractivity contribution in [2.75, 3.05) is 6.61 Å². The molecule has 0 bridgehead atoms. The van der Waals surface area contributed by atoms with Crippen LogP contribution in [0.15, 0.2) is 34.3 Å². The molecule has 0 heterocycles. The molecule has 25 heavy (non-hydrogen) atoms. The monoisotopic (exact) mass is 346 g/mol. The number of Topliss-reactive ketones (excluding diaryl/α,β-unsaturated/α-hetero) is 1. The first-order valence-corrected chi connectivity index (χ1v) is 8.85. The van der Waals surface area contributed by atoms with Crippen molar-refractivity contribution in [3.63, 3.8) is 0 Å². The summed E-state index contributed by atoms with van der Waals surface area (Å²) in [4.78, 5) is 25.6. The van der Waals surface area contributed by atoms with Crippen LogP contribution >= 0.6 is 0 Å². The van der Waals surface area contributed by atoms with E-state index in [1.54, 1.807) is 6.92 Å². The predicted molar refractivity (Wildman–Crippen MR) is 92.9 cm³/mol. The molecule has 0 aromatic heterocycles. The highest BCUT2D eigenvalue weighted by atomic mass is 16.3. The van der Waals surface area contributed by atoms with E-state index in [2.05, 4.69) is 0 Å². The molecule has 0 aliphatic heterocycles. The smallest absolute Gasteiger partial charge is 0.227 e. The van der Waals surface area contributed by atoms with E-state index in [-0.39, 0.29) is 40.6 Å². The molecule has 0 radical (unpaired) electrons. The molecular weight excluding hydrogens is 320 g/mol. The maximum atomic E-state index is 12.9. The highest BCUT2D eigenvalue weighted by Gasteiger charge is 2.57. The van der Waals surface area contributed by atoms with Gasteiger partial charge in [0.25, 0.3) is 0 Å². The maximum Gasteiger partial charge on any atom is 0.227 e. The topological polar surface area (TPSA) is 94.8 Å². The first-order chi connectivity index (χ1) is 11.6. The number of hydrogen-bond donors (Lipinski definition) is 3. The molecule has 3 rings (SSSR count). The van der Waals surface area contributed by atoms with E-state index >= 15 is 0 Å². The van der Waals surface area contributed by atoms with Crippen LogP contribution in [0.4, 0.5) is 0 Å². The van der Waals surface area contributed by atoms with E-state index in [0.29, 0.717) is 12.0 Å². The zero-order valence-corrected chi connectivity index (χ0v) is 15.2. The molecule has 5 nitrogen and oxygen atoms in total. The van der Waals surface area contributed by atoms with Crippen LogP contribution in [0, 0.1) is 22.7 Å². The maximum absolute atomic E-state index is 12.9. The number of rotatable bonds is 2. The van der Waals surface area contributed by atoms with E-state index in [1.807, 2.05) is 20.8 Å². The van der Waals surface area contributed by atoms with Crippen LogP contribution in [-0.4, -0.2) is 33.5 Å². The van der Waals surface area contributed by atoms with Crippen LogP contribution < -0.4 is 0 Å². The van der Waals surface area contributed by atoms with Crippen LogP contribution in [0.25, 0.3) is 0 Å². The van der Waals surface area contributed by atoms with Crippen molar-refractivity contribution in [2.24, 2.45) is 22.7 Å². The average molecular weight is 346 g/mol. The third-order valence-electron chi connectivity index (χ3n) is 6.32. The number of aliphatic hydroxyl groups excluding tert-OH is 3. The summed E-state index contributed by atoms with van der Waals surface area (Å²) in [6.45, 7) is 7.27. The normalized spacial score (nSPS) is 33.0. The Labute approximate surface area is 147 Å². The van der Waals surface area contributed by atoms with Crippen molar-refractivity contribution >= 4 is 11.6 Å². The Balaban J connectivity index is 2.27. The quantitative estimate of drug-likeness (QED) is 0.714. The van der Waals surface area contributed by atoms with Gasteiger partial charge in [-0.1, -0.05) is 34.1 Å². The fourth-order valence-electron chi connectivity index (χ4n) is 5.26. The van der Waals surface area contributed by atoms with Crippen molar-refractivity contribution in [3.8, 4) is 0 Å². The third kappa shape index (κ3) is 2.32. The molecule has 3 atom stereocenters. The lowest BCUT2D eigenvalue weighted by molar-refractivity contribution is -0.130. The van der Waals surface area contributed by atoms with Crippen molar-refractivity contribution < 1.29 is 24.9 Å². The lowest BCUT2D eigenvalue weighted by Gasteiger charge is -2.53. The molecular formula is C20H26O5. The minimum atomic E-state index is -0.690. The largest absolute Gasteiger partial charge is 0.507 e. The molecule has 0 unspecified atom stereocenters. The van der Waals surface area contributed by atoms with Crippen LogP contribution in [-0.2, 0) is 9.59 Å². The number of hydrogen-bond acceptors (Lipinski definition) is 5. The van der Waals surface area contributed by atoms with Crippen LogP contribution in [0.1, 0.15) is 47.0 Å². The Morgan fingerprint density at radius 2 is 1.80 bits per heavy atom. The van der Waals surface area contributed by atoms with Gasteiger partial charge >= 0.3 is 0 Å². The second kappa shape index (κ2) is 5.56. The summed E-state index contributed by atoms with van der Waals surface area (Å²) in [6, 6.07) is 0. The molecule has 1 fully saturated rings. The number of aliphatic hydroxyl groups is 3. The minimum absolute atomic E-state index is 0.0279. The van der Waals surface area contributed by atoms with E-state index in [9.17, 15) is 24.9 Å². The van der Waals surface area contributed by atoms with Gasteiger partial charge in [-0.3, -0.25) is 9.59 Å². The van der Waals surface area contributed by atoms with Crippen LogP contribution in [0.5, 0.6) is 0 Å². The summed E-state index contributed by atoms with van der Waals surface area (Å²) >= 11 is 0. The zero-order chi connectivity index (χ0) is 18.7. The lowest BCUT2D eigenvalue weighted by Crippen LogP contribution is -2.51. The number of ketones is 2. The summed E-state index contributed by atoms with van der Waals surface area (Å²) in [6.07, 6.45) is 3.83. The molecule has 3 aliphatic carbocycles. The summed E-state index contributed by atoms with van der Waals surface area (Å²) in [5, 5.41) is 30.8. The van der Waals surface area contributed by atoms with Gasteiger partial charge in [0.1, 0.15) is 5.76 Å². The van der Waals surface area contributed by atoms with E-state index in [1.165, 1.54) is 6.08 Å². The van der Waals surface area contributed by atoms with Gasteiger partial charge in [0.05, 0.1) is 5.57 Å². The van der Waals surface area contributed by atoms with Crippen molar-refractivity contribution in [3.05, 3.63) is 34.3 Å². The molecule has 0 aromatic rings. The van der Waals surface area contributed by atoms with Crippen molar-refractivity contribution in [1.82, 2.24) is 0 Å². The van der Waals surface area contributed by atoms with E-state index in [4.69, 9.17) is 0 Å². The van der Waals surface area contributed by atoms with Gasteiger partial charge in [0.2, 0.25) is 5.78 Å². The number of carbonyl (C=O) groups is 2. The molecule has 1 saturated carbocycles. The first kappa shape index (κ1) is 17.9. The average Bonchev–Trinajstić information content (AvgIpc) is 2.50. The minimum Gasteiger partial charge on any atom is -0.507 e. The summed E-state index contributed by atoms with van der Waals surface area (Å²) in [5.41, 5.74) is -0.333. The Morgan fingerprint density at radius 3 is 2.40 bits per heavy atom. The third-order valence-corrected chi connectivity index (χ3v) is 6.32. The molecule has 136 valence electrons. The second-order valence-corrected chi connectivity index (χ2v) is 8.55. The van der Waals surface area contributed by atoms with Gasteiger partial charge in [-0.2, -0.15) is 0 Å². The van der Waals surface area contributed by atoms with E-state index in [0.717, 1.165) is 12.8 Å². The summed E-state index contributed by atoms with van der Waals surface area (Å²) in [7, 11) is 0. The molecule has 0 aromatic carbocycles. The Bertz CT molecular complexity index is 752. The van der Waals surface area contributed by atoms with Crippen LogP contribution in [0.3, 0.4) is 0 Å². The van der Waals surface area contributed by atoms with E-state index < -0.39 is 22.9 Å². The zero-order valence-electron chi connectivity index (χ0n) is 15.2. The fourth-order valence-corrected chi connectivity index (χ4v) is 5.26. The standard InChI is InChI=1S/C20H26O5/c1-10(9-21)13-15(23)11-8-12(22)18-19(2,3)6-5-7-20(18,4)14(11)17(25)16(13)24/h8,10,18,21,23,25H,5-7,9H2,1-4H3/t10-,18+,20-/m1/s1. The van der Waals surface area contributed by atoms with Gasteiger partial charge in [-0.15, -0.1) is 0 Å². The fraction of sp³-hybridized carbons (Fsp3) is 0.600. The van der Waals surface area contributed by atoms with Gasteiger partial charge in [0.15, 0.2) is 11.5 Å². The Hall–Kier alpha value is -1.88. The second-order valence-electron chi connectivity index (χ2n) is 8.55. The van der Waals surface area contributed by atoms with Gasteiger partial charge in [-0.05, 0) is 24.3 Å². The molecule has 5 heteroatoms. The van der Waals surface area contributed by atoms with Crippen molar-refractivity contribution in [1.29, 1.82) is 0 Å². The molecule has 0 amide bonds. The summed E-state index contributed by atoms with van der Waals surface area (Å²) < 4.78 is 0. The van der Waals surface area contributed by atoms with Crippen molar-refractivity contribution in [2.45, 2.75) is 47.0 Å².